The Hall–Kier alpha value is -2.27. The van der Waals surface area contributed by atoms with Gasteiger partial charge in [-0.2, -0.15) is 5.10 Å². The second kappa shape index (κ2) is 6.87. The van der Waals surface area contributed by atoms with Crippen molar-refractivity contribution in [1.82, 2.24) is 9.78 Å². The van der Waals surface area contributed by atoms with Gasteiger partial charge in [-0.1, -0.05) is 30.3 Å². The molecule has 0 bridgehead atoms. The van der Waals surface area contributed by atoms with Crippen molar-refractivity contribution >= 4 is 10.8 Å². The zero-order chi connectivity index (χ0) is 16.2. The first-order chi connectivity index (χ1) is 11.1. The molecule has 5 heteroatoms. The second-order valence-corrected chi connectivity index (χ2v) is 7.06. The minimum atomic E-state index is -1.18. The highest BCUT2D eigenvalue weighted by molar-refractivity contribution is 7.84. The number of rotatable bonds is 5. The summed E-state index contributed by atoms with van der Waals surface area (Å²) in [5.74, 6) is 0.0944. The average Bonchev–Trinajstić information content (AvgIpc) is 3.10. The van der Waals surface area contributed by atoms with Crippen molar-refractivity contribution in [2.45, 2.75) is 17.9 Å². The van der Waals surface area contributed by atoms with Gasteiger partial charge in [0.2, 0.25) is 0 Å². The highest BCUT2D eigenvalue weighted by Gasteiger charge is 2.17. The van der Waals surface area contributed by atoms with Crippen LogP contribution in [-0.2, 0) is 16.6 Å². The van der Waals surface area contributed by atoms with E-state index in [1.807, 2.05) is 36.5 Å². The molecule has 3 aromatic rings. The SMILES string of the molecule is C[C@H](c1ccccc1F)[S@@](=O)Cc1ccc(-n2cccn2)cc1. The predicted octanol–water partition coefficient (Wildman–Crippen LogP) is 4.02. The fourth-order valence-electron chi connectivity index (χ4n) is 2.40. The standard InChI is InChI=1S/C18H17FN2OS/c1-14(17-5-2-3-6-18(17)19)23(22)13-15-7-9-16(10-8-15)21-12-4-11-20-21/h2-12,14H,13H2,1H3/t14-,23+/m1/s1. The van der Waals surface area contributed by atoms with Gasteiger partial charge in [0.15, 0.2) is 0 Å². The van der Waals surface area contributed by atoms with Gasteiger partial charge in [-0.15, -0.1) is 0 Å². The molecule has 0 aliphatic carbocycles. The molecule has 3 nitrogen and oxygen atoms in total. The van der Waals surface area contributed by atoms with Gasteiger partial charge in [-0.25, -0.2) is 9.07 Å². The summed E-state index contributed by atoms with van der Waals surface area (Å²) >= 11 is 0. The summed E-state index contributed by atoms with van der Waals surface area (Å²) in [7, 11) is -1.18. The fourth-order valence-corrected chi connectivity index (χ4v) is 3.65. The molecule has 0 aliphatic rings. The number of benzene rings is 2. The van der Waals surface area contributed by atoms with E-state index in [0.29, 0.717) is 11.3 Å². The Labute approximate surface area is 137 Å². The largest absolute Gasteiger partial charge is 0.259 e. The van der Waals surface area contributed by atoms with Crippen LogP contribution in [0.5, 0.6) is 0 Å². The van der Waals surface area contributed by atoms with Crippen molar-refractivity contribution < 1.29 is 8.60 Å². The molecule has 0 aliphatic heterocycles. The Balaban J connectivity index is 1.72. The third-order valence-corrected chi connectivity index (χ3v) is 5.41. The van der Waals surface area contributed by atoms with Crippen LogP contribution in [0.25, 0.3) is 5.69 Å². The molecule has 1 heterocycles. The van der Waals surface area contributed by atoms with Gasteiger partial charge in [0, 0.05) is 34.5 Å². The van der Waals surface area contributed by atoms with E-state index in [4.69, 9.17) is 0 Å². The molecule has 0 saturated heterocycles. The minimum Gasteiger partial charge on any atom is -0.259 e. The molecule has 0 saturated carbocycles. The summed E-state index contributed by atoms with van der Waals surface area (Å²) in [5.41, 5.74) is 2.41. The third-order valence-electron chi connectivity index (χ3n) is 3.75. The van der Waals surface area contributed by atoms with E-state index in [9.17, 15) is 8.60 Å². The summed E-state index contributed by atoms with van der Waals surface area (Å²) in [4.78, 5) is 0. The molecule has 0 spiro atoms. The van der Waals surface area contributed by atoms with Gasteiger partial charge in [0.1, 0.15) is 5.82 Å². The summed E-state index contributed by atoms with van der Waals surface area (Å²) in [6.07, 6.45) is 3.59. The number of hydrogen-bond acceptors (Lipinski definition) is 2. The molecule has 23 heavy (non-hydrogen) atoms. The number of nitrogens with zero attached hydrogens (tertiary/aromatic N) is 2. The van der Waals surface area contributed by atoms with Crippen LogP contribution in [0, 0.1) is 5.82 Å². The molecular weight excluding hydrogens is 311 g/mol. The quantitative estimate of drug-likeness (QED) is 0.709. The van der Waals surface area contributed by atoms with Crippen LogP contribution < -0.4 is 0 Å². The lowest BCUT2D eigenvalue weighted by atomic mass is 10.1. The van der Waals surface area contributed by atoms with E-state index in [1.165, 1.54) is 6.07 Å². The van der Waals surface area contributed by atoms with Crippen LogP contribution in [0.3, 0.4) is 0 Å². The number of aromatic nitrogens is 2. The van der Waals surface area contributed by atoms with E-state index in [2.05, 4.69) is 5.10 Å². The molecule has 1 aromatic heterocycles. The van der Waals surface area contributed by atoms with Crippen molar-refractivity contribution in [3.8, 4) is 5.69 Å². The molecular formula is C18H17FN2OS. The minimum absolute atomic E-state index is 0.303. The lowest BCUT2D eigenvalue weighted by Gasteiger charge is -2.13. The summed E-state index contributed by atoms with van der Waals surface area (Å²) < 4.78 is 28.1. The maximum atomic E-state index is 13.8. The molecule has 2 atom stereocenters. The first-order valence-electron chi connectivity index (χ1n) is 7.35. The lowest BCUT2D eigenvalue weighted by molar-refractivity contribution is 0.606. The van der Waals surface area contributed by atoms with Crippen molar-refractivity contribution in [2.75, 3.05) is 0 Å². The van der Waals surface area contributed by atoms with Crippen LogP contribution in [-0.4, -0.2) is 14.0 Å². The van der Waals surface area contributed by atoms with Crippen LogP contribution >= 0.6 is 0 Å². The number of halogens is 1. The van der Waals surface area contributed by atoms with E-state index < -0.39 is 10.8 Å². The van der Waals surface area contributed by atoms with Gasteiger partial charge in [0.25, 0.3) is 0 Å². The first kappa shape index (κ1) is 15.6. The summed E-state index contributed by atoms with van der Waals surface area (Å²) in [5, 5.41) is 3.82. The first-order valence-corrected chi connectivity index (χ1v) is 8.74. The predicted molar refractivity (Wildman–Crippen MR) is 90.2 cm³/mol. The highest BCUT2D eigenvalue weighted by atomic mass is 32.2. The monoisotopic (exact) mass is 328 g/mol. The topological polar surface area (TPSA) is 34.9 Å². The third kappa shape index (κ3) is 3.56. The van der Waals surface area contributed by atoms with Crippen LogP contribution in [0.4, 0.5) is 4.39 Å². The Morgan fingerprint density at radius 2 is 1.87 bits per heavy atom. The van der Waals surface area contributed by atoms with Crippen molar-refractivity contribution in [1.29, 1.82) is 0 Å². The van der Waals surface area contributed by atoms with Crippen LogP contribution in [0.2, 0.25) is 0 Å². The van der Waals surface area contributed by atoms with Crippen molar-refractivity contribution in [3.63, 3.8) is 0 Å². The molecule has 0 amide bonds. The molecule has 0 radical (unpaired) electrons. The molecule has 0 N–H and O–H groups in total. The Kier molecular flexibility index (Phi) is 4.67. The maximum absolute atomic E-state index is 13.8. The van der Waals surface area contributed by atoms with Crippen molar-refractivity contribution in [2.24, 2.45) is 0 Å². The lowest BCUT2D eigenvalue weighted by Crippen LogP contribution is -2.07. The Morgan fingerprint density at radius 3 is 2.52 bits per heavy atom. The maximum Gasteiger partial charge on any atom is 0.127 e. The molecule has 3 rings (SSSR count). The summed E-state index contributed by atoms with van der Waals surface area (Å²) in [6, 6.07) is 16.1. The molecule has 0 fully saturated rings. The van der Waals surface area contributed by atoms with Gasteiger partial charge in [-0.3, -0.25) is 4.21 Å². The number of hydrogen-bond donors (Lipinski definition) is 0. The Morgan fingerprint density at radius 1 is 1.13 bits per heavy atom. The Bertz CT molecular complexity index is 800. The van der Waals surface area contributed by atoms with Crippen molar-refractivity contribution in [3.05, 3.63) is 83.9 Å². The van der Waals surface area contributed by atoms with E-state index in [1.54, 1.807) is 36.0 Å². The van der Waals surface area contributed by atoms with E-state index >= 15 is 0 Å². The summed E-state index contributed by atoms with van der Waals surface area (Å²) in [6.45, 7) is 1.80. The molecule has 2 aromatic carbocycles. The van der Waals surface area contributed by atoms with Gasteiger partial charge in [-0.05, 0) is 36.8 Å². The fraction of sp³-hybridized carbons (Fsp3) is 0.167. The zero-order valence-corrected chi connectivity index (χ0v) is 13.5. The van der Waals surface area contributed by atoms with Gasteiger partial charge >= 0.3 is 0 Å². The van der Waals surface area contributed by atoms with E-state index in [-0.39, 0.29) is 11.1 Å². The van der Waals surface area contributed by atoms with Crippen LogP contribution in [0.15, 0.2) is 67.0 Å². The van der Waals surface area contributed by atoms with Gasteiger partial charge < -0.3 is 0 Å². The average molecular weight is 328 g/mol. The second-order valence-electron chi connectivity index (χ2n) is 5.31. The smallest absolute Gasteiger partial charge is 0.127 e. The normalized spacial score (nSPS) is 13.7. The van der Waals surface area contributed by atoms with Crippen LogP contribution in [0.1, 0.15) is 23.3 Å². The highest BCUT2D eigenvalue weighted by Crippen LogP contribution is 2.24. The zero-order valence-electron chi connectivity index (χ0n) is 12.7. The molecule has 118 valence electrons. The van der Waals surface area contributed by atoms with E-state index in [0.717, 1.165) is 11.3 Å². The molecule has 0 unspecified atom stereocenters. The van der Waals surface area contributed by atoms with Gasteiger partial charge in [0.05, 0.1) is 10.9 Å².